The third-order valence-corrected chi connectivity index (χ3v) is 6.75. The maximum atomic E-state index is 12.8. The summed E-state index contributed by atoms with van der Waals surface area (Å²) in [6.07, 6.45) is 0.0589. The van der Waals surface area contributed by atoms with E-state index >= 15 is 0 Å². The van der Waals surface area contributed by atoms with Gasteiger partial charge in [-0.25, -0.2) is 4.79 Å². The van der Waals surface area contributed by atoms with Gasteiger partial charge in [0.25, 0.3) is 5.91 Å². The molecule has 0 aromatic carbocycles. The number of amides is 2. The smallest absolute Gasteiger partial charge is 0.352 e. The minimum absolute atomic E-state index is 0.0589. The SMILES string of the molecule is CC(=O)OCC1=C(C(=O)O)N2C(=O)C(CO)(NC(=O)Cc3cccs3)[C@H]2SC1. The Morgan fingerprint density at radius 1 is 1.43 bits per heavy atom. The van der Waals surface area contributed by atoms with Crippen molar-refractivity contribution >= 4 is 46.9 Å². The van der Waals surface area contributed by atoms with Crippen LogP contribution in [0.15, 0.2) is 28.8 Å². The lowest BCUT2D eigenvalue weighted by molar-refractivity contribution is -0.162. The van der Waals surface area contributed by atoms with Crippen LogP contribution >= 0.6 is 23.1 Å². The molecule has 1 aromatic heterocycles. The number of fused-ring (bicyclic) bond motifs is 1. The zero-order valence-corrected chi connectivity index (χ0v) is 16.5. The van der Waals surface area contributed by atoms with E-state index < -0.39 is 41.3 Å². The normalized spacial score (nSPS) is 23.7. The average Bonchev–Trinajstić information content (AvgIpc) is 3.15. The third-order valence-electron chi connectivity index (χ3n) is 4.43. The predicted molar refractivity (Wildman–Crippen MR) is 100 cm³/mol. The molecule has 150 valence electrons. The van der Waals surface area contributed by atoms with Crippen molar-refractivity contribution in [1.82, 2.24) is 10.2 Å². The van der Waals surface area contributed by atoms with E-state index in [9.17, 15) is 29.4 Å². The van der Waals surface area contributed by atoms with Crippen LogP contribution in [0.2, 0.25) is 0 Å². The number of hydrogen-bond acceptors (Lipinski definition) is 8. The first-order valence-corrected chi connectivity index (χ1v) is 10.2. The highest BCUT2D eigenvalue weighted by molar-refractivity contribution is 8.00. The molecule has 9 nitrogen and oxygen atoms in total. The number of esters is 1. The number of β-lactam (4-membered cyclic amide) rings is 1. The molecule has 2 aliphatic heterocycles. The molecule has 1 saturated heterocycles. The monoisotopic (exact) mass is 426 g/mol. The summed E-state index contributed by atoms with van der Waals surface area (Å²) in [5, 5.41) is 23.1. The Bertz CT molecular complexity index is 852. The molecule has 0 aliphatic carbocycles. The summed E-state index contributed by atoms with van der Waals surface area (Å²) in [5.41, 5.74) is -1.56. The molecular formula is C17H18N2O7S2. The Morgan fingerprint density at radius 3 is 2.75 bits per heavy atom. The molecule has 3 N–H and O–H groups in total. The number of thioether (sulfide) groups is 1. The van der Waals surface area contributed by atoms with Crippen LogP contribution in [0.4, 0.5) is 0 Å². The van der Waals surface area contributed by atoms with Gasteiger partial charge in [0.15, 0.2) is 5.54 Å². The van der Waals surface area contributed by atoms with Gasteiger partial charge in [0, 0.05) is 23.1 Å². The molecule has 11 heteroatoms. The fraction of sp³-hybridized carbons (Fsp3) is 0.412. The number of aliphatic hydroxyl groups is 1. The Balaban J connectivity index is 1.81. The van der Waals surface area contributed by atoms with Crippen LogP contribution in [-0.2, 0) is 30.3 Å². The predicted octanol–water partition coefficient (Wildman–Crippen LogP) is -0.0452. The van der Waals surface area contributed by atoms with E-state index in [1.165, 1.54) is 30.0 Å². The van der Waals surface area contributed by atoms with Crippen LogP contribution in [0, 0.1) is 0 Å². The molecule has 2 amide bonds. The van der Waals surface area contributed by atoms with Crippen molar-refractivity contribution in [2.75, 3.05) is 19.0 Å². The first kappa shape index (κ1) is 20.4. The number of ether oxygens (including phenoxy) is 1. The second-order valence-corrected chi connectivity index (χ2v) is 8.41. The summed E-state index contributed by atoms with van der Waals surface area (Å²) in [4.78, 5) is 49.8. The van der Waals surface area contributed by atoms with Gasteiger partial charge in [-0.3, -0.25) is 19.3 Å². The van der Waals surface area contributed by atoms with E-state index in [0.29, 0.717) is 0 Å². The van der Waals surface area contributed by atoms with Crippen LogP contribution in [0.5, 0.6) is 0 Å². The molecule has 2 aliphatic rings. The maximum absolute atomic E-state index is 12.8. The highest BCUT2D eigenvalue weighted by Crippen LogP contribution is 2.46. The molecule has 3 rings (SSSR count). The van der Waals surface area contributed by atoms with Crippen molar-refractivity contribution in [3.05, 3.63) is 33.7 Å². The fourth-order valence-corrected chi connectivity index (χ4v) is 5.30. The van der Waals surface area contributed by atoms with Gasteiger partial charge in [0.1, 0.15) is 17.7 Å². The van der Waals surface area contributed by atoms with E-state index in [0.717, 1.165) is 9.78 Å². The van der Waals surface area contributed by atoms with Crippen LogP contribution in [0.1, 0.15) is 11.8 Å². The summed E-state index contributed by atoms with van der Waals surface area (Å²) in [7, 11) is 0. The molecule has 3 heterocycles. The molecule has 1 fully saturated rings. The summed E-state index contributed by atoms with van der Waals surface area (Å²) < 4.78 is 4.88. The van der Waals surface area contributed by atoms with E-state index in [2.05, 4.69) is 5.32 Å². The number of aliphatic carboxylic acids is 1. The summed E-state index contributed by atoms with van der Waals surface area (Å²) in [6.45, 7) is 0.314. The third kappa shape index (κ3) is 3.52. The summed E-state index contributed by atoms with van der Waals surface area (Å²) >= 11 is 2.60. The van der Waals surface area contributed by atoms with E-state index in [1.807, 2.05) is 5.38 Å². The van der Waals surface area contributed by atoms with Crippen molar-refractivity contribution in [1.29, 1.82) is 0 Å². The second kappa shape index (κ2) is 7.94. The number of thiophene rings is 1. The Kier molecular flexibility index (Phi) is 5.77. The van der Waals surface area contributed by atoms with Crippen LogP contribution in [0.25, 0.3) is 0 Å². The number of carboxylic acid groups (broad SMARTS) is 1. The molecule has 2 atom stereocenters. The Morgan fingerprint density at radius 2 is 2.18 bits per heavy atom. The first-order chi connectivity index (χ1) is 13.3. The lowest BCUT2D eigenvalue weighted by Gasteiger charge is -2.56. The highest BCUT2D eigenvalue weighted by Gasteiger charge is 2.65. The zero-order valence-electron chi connectivity index (χ0n) is 14.8. The standard InChI is InChI=1S/C17H18N2O7S2/c1-9(21)26-6-10-7-28-16-17(8-20,15(25)19(16)13(10)14(23)24)18-12(22)5-11-3-2-4-27-11/h2-4,16,20H,5-8H2,1H3,(H,18,22)(H,23,24)/t16-,17?/m1/s1. The van der Waals surface area contributed by atoms with Gasteiger partial charge in [-0.2, -0.15) is 0 Å². The lowest BCUT2D eigenvalue weighted by atomic mass is 9.86. The van der Waals surface area contributed by atoms with Crippen LogP contribution in [-0.4, -0.2) is 68.7 Å². The Labute approximate surface area is 168 Å². The van der Waals surface area contributed by atoms with Crippen molar-refractivity contribution in [3.8, 4) is 0 Å². The minimum atomic E-state index is -1.58. The van der Waals surface area contributed by atoms with Gasteiger partial charge in [-0.05, 0) is 11.4 Å². The topological polar surface area (TPSA) is 133 Å². The minimum Gasteiger partial charge on any atom is -0.477 e. The number of carboxylic acids is 1. The molecule has 0 bridgehead atoms. The number of nitrogens with zero attached hydrogens (tertiary/aromatic N) is 1. The molecule has 0 spiro atoms. The van der Waals surface area contributed by atoms with Crippen molar-refractivity contribution < 1.29 is 34.1 Å². The first-order valence-electron chi connectivity index (χ1n) is 8.28. The number of carbonyl (C=O) groups excluding carboxylic acids is 3. The van der Waals surface area contributed by atoms with Gasteiger partial charge in [-0.15, -0.1) is 23.1 Å². The maximum Gasteiger partial charge on any atom is 0.352 e. The summed E-state index contributed by atoms with van der Waals surface area (Å²) in [6, 6.07) is 3.59. The molecule has 1 unspecified atom stereocenters. The van der Waals surface area contributed by atoms with Gasteiger partial charge >= 0.3 is 11.9 Å². The molecule has 28 heavy (non-hydrogen) atoms. The van der Waals surface area contributed by atoms with Gasteiger partial charge in [0.2, 0.25) is 5.91 Å². The fourth-order valence-electron chi connectivity index (χ4n) is 3.15. The number of nitrogens with one attached hydrogen (secondary N) is 1. The van der Waals surface area contributed by atoms with Crippen molar-refractivity contribution in [2.45, 2.75) is 24.3 Å². The second-order valence-electron chi connectivity index (χ2n) is 6.31. The molecule has 1 aromatic rings. The van der Waals surface area contributed by atoms with Crippen molar-refractivity contribution in [3.63, 3.8) is 0 Å². The summed E-state index contributed by atoms with van der Waals surface area (Å²) in [5.74, 6) is -2.85. The van der Waals surface area contributed by atoms with Crippen LogP contribution < -0.4 is 5.32 Å². The quantitative estimate of drug-likeness (QED) is 0.408. The highest BCUT2D eigenvalue weighted by atomic mass is 32.2. The van der Waals surface area contributed by atoms with Gasteiger partial charge in [0.05, 0.1) is 13.0 Å². The van der Waals surface area contributed by atoms with Crippen LogP contribution in [0.3, 0.4) is 0 Å². The number of hydrogen-bond donors (Lipinski definition) is 3. The van der Waals surface area contributed by atoms with Gasteiger partial charge in [-0.1, -0.05) is 6.07 Å². The number of rotatable bonds is 7. The Hall–Kier alpha value is -2.37. The van der Waals surface area contributed by atoms with E-state index in [1.54, 1.807) is 12.1 Å². The number of aliphatic hydroxyl groups excluding tert-OH is 1. The number of carbonyl (C=O) groups is 4. The van der Waals surface area contributed by atoms with E-state index in [-0.39, 0.29) is 30.1 Å². The van der Waals surface area contributed by atoms with Crippen molar-refractivity contribution in [2.24, 2.45) is 0 Å². The van der Waals surface area contributed by atoms with E-state index in [4.69, 9.17) is 4.74 Å². The van der Waals surface area contributed by atoms with Gasteiger partial charge < -0.3 is 20.3 Å². The molecule has 0 radical (unpaired) electrons. The largest absolute Gasteiger partial charge is 0.477 e. The average molecular weight is 426 g/mol. The lowest BCUT2D eigenvalue weighted by Crippen LogP contribution is -2.81. The molecular weight excluding hydrogens is 408 g/mol. The zero-order chi connectivity index (χ0) is 20.5. The molecule has 0 saturated carbocycles.